The van der Waals surface area contributed by atoms with Crippen molar-refractivity contribution in [3.8, 4) is 0 Å². The predicted octanol–water partition coefficient (Wildman–Crippen LogP) is 1.53. The van der Waals surface area contributed by atoms with Gasteiger partial charge >= 0.3 is 6.09 Å². The van der Waals surface area contributed by atoms with Gasteiger partial charge in [-0.2, -0.15) is 0 Å². The Balaban J connectivity index is 2.66. The second-order valence-electron chi connectivity index (χ2n) is 6.43. The van der Waals surface area contributed by atoms with E-state index in [9.17, 15) is 14.7 Å². The fourth-order valence-corrected chi connectivity index (χ4v) is 1.72. The van der Waals surface area contributed by atoms with Crippen LogP contribution in [-0.4, -0.2) is 51.4 Å². The second-order valence-corrected chi connectivity index (χ2v) is 6.43. The highest BCUT2D eigenvalue weighted by Gasteiger charge is 2.35. The molecule has 0 aliphatic carbocycles. The molecule has 19 heavy (non-hydrogen) atoms. The van der Waals surface area contributed by atoms with Crippen molar-refractivity contribution in [1.82, 2.24) is 10.0 Å². The molecule has 1 heterocycles. The lowest BCUT2D eigenvalue weighted by atomic mass is 10.1. The summed E-state index contributed by atoms with van der Waals surface area (Å²) in [5, 5.41) is 12.4. The van der Waals surface area contributed by atoms with Crippen LogP contribution in [0.2, 0.25) is 0 Å². The van der Waals surface area contributed by atoms with Crippen molar-refractivity contribution in [2.24, 2.45) is 0 Å². The molecule has 1 aliphatic rings. The minimum absolute atomic E-state index is 0.116. The number of hydrazine groups is 1. The second kappa shape index (κ2) is 5.36. The summed E-state index contributed by atoms with van der Waals surface area (Å²) in [4.78, 5) is 23.8. The van der Waals surface area contributed by atoms with Crippen LogP contribution in [0.4, 0.5) is 4.79 Å². The number of hydrogen-bond acceptors (Lipinski definition) is 4. The van der Waals surface area contributed by atoms with Crippen LogP contribution in [-0.2, 0) is 9.53 Å². The van der Waals surface area contributed by atoms with Gasteiger partial charge in [-0.15, -0.1) is 0 Å². The van der Waals surface area contributed by atoms with Crippen molar-refractivity contribution in [2.45, 2.75) is 58.7 Å². The molecule has 1 saturated heterocycles. The van der Waals surface area contributed by atoms with E-state index in [1.807, 2.05) is 0 Å². The quantitative estimate of drug-likeness (QED) is 0.846. The predicted molar refractivity (Wildman–Crippen MR) is 70.2 cm³/mol. The van der Waals surface area contributed by atoms with Gasteiger partial charge in [-0.1, -0.05) is 0 Å². The van der Waals surface area contributed by atoms with Gasteiger partial charge in [0.05, 0.1) is 12.1 Å². The summed E-state index contributed by atoms with van der Waals surface area (Å²) < 4.78 is 5.26. The first-order valence-electron chi connectivity index (χ1n) is 6.53. The van der Waals surface area contributed by atoms with E-state index in [1.54, 1.807) is 34.6 Å². The molecule has 0 aromatic carbocycles. The number of ether oxygens (including phenoxy) is 1. The normalized spacial score (nSPS) is 17.1. The summed E-state index contributed by atoms with van der Waals surface area (Å²) in [6.45, 7) is 9.33. The number of hydrogen-bond donors (Lipinski definition) is 1. The SMILES string of the molecule is CC(C)(O)CCN1C(=O)CCN1C(=O)OC(C)(C)C. The van der Waals surface area contributed by atoms with E-state index in [0.717, 1.165) is 0 Å². The molecular formula is C13H24N2O4. The number of aliphatic hydroxyl groups is 1. The van der Waals surface area contributed by atoms with Gasteiger partial charge in [0, 0.05) is 13.0 Å². The van der Waals surface area contributed by atoms with Gasteiger partial charge in [-0.05, 0) is 41.0 Å². The van der Waals surface area contributed by atoms with Crippen molar-refractivity contribution in [2.75, 3.05) is 13.1 Å². The Labute approximate surface area is 114 Å². The molecule has 2 amide bonds. The maximum Gasteiger partial charge on any atom is 0.429 e. The number of rotatable bonds is 3. The van der Waals surface area contributed by atoms with Crippen LogP contribution in [0.5, 0.6) is 0 Å². The average molecular weight is 272 g/mol. The van der Waals surface area contributed by atoms with Crippen LogP contribution < -0.4 is 0 Å². The molecule has 0 unspecified atom stereocenters. The maximum absolute atomic E-state index is 12.0. The van der Waals surface area contributed by atoms with Gasteiger partial charge in [0.1, 0.15) is 5.60 Å². The molecule has 1 aliphatic heterocycles. The average Bonchev–Trinajstić information content (AvgIpc) is 2.53. The third-order valence-corrected chi connectivity index (χ3v) is 2.66. The Morgan fingerprint density at radius 1 is 1.32 bits per heavy atom. The topological polar surface area (TPSA) is 70.1 Å². The van der Waals surface area contributed by atoms with E-state index < -0.39 is 17.3 Å². The molecule has 0 aromatic rings. The van der Waals surface area contributed by atoms with Gasteiger partial charge in [-0.3, -0.25) is 4.79 Å². The summed E-state index contributed by atoms with van der Waals surface area (Å²) in [6, 6.07) is 0. The van der Waals surface area contributed by atoms with Crippen LogP contribution >= 0.6 is 0 Å². The van der Waals surface area contributed by atoms with Crippen molar-refractivity contribution < 1.29 is 19.4 Å². The summed E-state index contributed by atoms with van der Waals surface area (Å²) in [7, 11) is 0. The number of amides is 2. The molecule has 0 spiro atoms. The molecule has 1 N–H and O–H groups in total. The highest BCUT2D eigenvalue weighted by atomic mass is 16.6. The monoisotopic (exact) mass is 272 g/mol. The lowest BCUT2D eigenvalue weighted by Crippen LogP contribution is -2.47. The fraction of sp³-hybridized carbons (Fsp3) is 0.846. The molecule has 0 saturated carbocycles. The summed E-state index contributed by atoms with van der Waals surface area (Å²) in [5.41, 5.74) is -1.47. The number of carbonyl (C=O) groups excluding carboxylic acids is 2. The summed E-state index contributed by atoms with van der Waals surface area (Å²) >= 11 is 0. The Morgan fingerprint density at radius 2 is 1.89 bits per heavy atom. The van der Waals surface area contributed by atoms with Crippen molar-refractivity contribution in [3.63, 3.8) is 0 Å². The van der Waals surface area contributed by atoms with E-state index in [0.29, 0.717) is 25.9 Å². The van der Waals surface area contributed by atoms with E-state index in [2.05, 4.69) is 0 Å². The van der Waals surface area contributed by atoms with Crippen LogP contribution in [0.3, 0.4) is 0 Å². The van der Waals surface area contributed by atoms with Crippen LogP contribution in [0.15, 0.2) is 0 Å². The molecule has 0 atom stereocenters. The minimum Gasteiger partial charge on any atom is -0.442 e. The first-order chi connectivity index (χ1) is 8.49. The first kappa shape index (κ1) is 15.8. The van der Waals surface area contributed by atoms with Gasteiger partial charge < -0.3 is 9.84 Å². The lowest BCUT2D eigenvalue weighted by molar-refractivity contribution is -0.138. The van der Waals surface area contributed by atoms with Crippen LogP contribution in [0.25, 0.3) is 0 Å². The maximum atomic E-state index is 12.0. The highest BCUT2D eigenvalue weighted by molar-refractivity contribution is 5.82. The fourth-order valence-electron chi connectivity index (χ4n) is 1.72. The Bertz CT molecular complexity index is 355. The first-order valence-corrected chi connectivity index (χ1v) is 6.53. The molecule has 6 nitrogen and oxygen atoms in total. The summed E-state index contributed by atoms with van der Waals surface area (Å²) in [6.07, 6.45) is 0.178. The molecule has 1 fully saturated rings. The lowest BCUT2D eigenvalue weighted by Gasteiger charge is -2.31. The third kappa shape index (κ3) is 5.06. The van der Waals surface area contributed by atoms with Gasteiger partial charge in [-0.25, -0.2) is 14.8 Å². The van der Waals surface area contributed by atoms with E-state index in [1.165, 1.54) is 10.0 Å². The minimum atomic E-state index is -0.873. The van der Waals surface area contributed by atoms with E-state index >= 15 is 0 Å². The van der Waals surface area contributed by atoms with E-state index in [-0.39, 0.29) is 5.91 Å². The zero-order valence-corrected chi connectivity index (χ0v) is 12.4. The largest absolute Gasteiger partial charge is 0.442 e. The van der Waals surface area contributed by atoms with Crippen molar-refractivity contribution >= 4 is 12.0 Å². The van der Waals surface area contributed by atoms with Crippen molar-refractivity contribution in [3.05, 3.63) is 0 Å². The number of carbonyl (C=O) groups is 2. The molecule has 0 bridgehead atoms. The molecule has 110 valence electrons. The Morgan fingerprint density at radius 3 is 2.37 bits per heavy atom. The van der Waals surface area contributed by atoms with Gasteiger partial charge in [0.25, 0.3) is 0 Å². The molecular weight excluding hydrogens is 248 g/mol. The zero-order chi connectivity index (χ0) is 14.8. The highest BCUT2D eigenvalue weighted by Crippen LogP contribution is 2.19. The summed E-state index contributed by atoms with van der Waals surface area (Å²) in [5.74, 6) is -0.116. The smallest absolute Gasteiger partial charge is 0.429 e. The molecule has 0 aromatic heterocycles. The number of nitrogens with zero attached hydrogens (tertiary/aromatic N) is 2. The third-order valence-electron chi connectivity index (χ3n) is 2.66. The molecule has 6 heteroatoms. The van der Waals surface area contributed by atoms with Gasteiger partial charge in [0.15, 0.2) is 0 Å². The zero-order valence-electron chi connectivity index (χ0n) is 12.4. The Kier molecular flexibility index (Phi) is 4.45. The molecule has 0 radical (unpaired) electrons. The standard InChI is InChI=1S/C13H24N2O4/c1-12(2,3)19-11(17)15-8-6-10(16)14(15)9-7-13(4,5)18/h18H,6-9H2,1-5H3. The van der Waals surface area contributed by atoms with Gasteiger partial charge in [0.2, 0.25) is 5.91 Å². The Hall–Kier alpha value is -1.30. The van der Waals surface area contributed by atoms with Crippen LogP contribution in [0, 0.1) is 0 Å². The van der Waals surface area contributed by atoms with Crippen molar-refractivity contribution in [1.29, 1.82) is 0 Å². The van der Waals surface area contributed by atoms with Crippen LogP contribution in [0.1, 0.15) is 47.5 Å². The molecule has 1 rings (SSSR count). The van der Waals surface area contributed by atoms with E-state index in [4.69, 9.17) is 4.74 Å².